The first-order valence-corrected chi connectivity index (χ1v) is 5.45. The third-order valence-electron chi connectivity index (χ3n) is 3.67. The summed E-state index contributed by atoms with van der Waals surface area (Å²) >= 11 is 0. The van der Waals surface area contributed by atoms with E-state index in [9.17, 15) is 8.78 Å². The molecule has 88 valence electrons. The number of rotatable bonds is 1. The van der Waals surface area contributed by atoms with Crippen LogP contribution in [0.2, 0.25) is 0 Å². The highest BCUT2D eigenvalue weighted by Crippen LogP contribution is 2.59. The van der Waals surface area contributed by atoms with Crippen LogP contribution in [0.1, 0.15) is 0 Å². The quantitative estimate of drug-likeness (QED) is 0.805. The minimum atomic E-state index is -2.46. The van der Waals surface area contributed by atoms with Crippen LogP contribution in [0.4, 0.5) is 14.6 Å². The van der Waals surface area contributed by atoms with E-state index < -0.39 is 17.8 Å². The molecule has 2 aromatic rings. The maximum Gasteiger partial charge on any atom is 0.258 e. The summed E-state index contributed by atoms with van der Waals surface area (Å²) in [5, 5.41) is 6.55. The fourth-order valence-electron chi connectivity index (χ4n) is 2.57. The van der Waals surface area contributed by atoms with E-state index in [0.29, 0.717) is 30.1 Å². The van der Waals surface area contributed by atoms with Gasteiger partial charge in [-0.15, -0.1) is 0 Å². The van der Waals surface area contributed by atoms with Crippen molar-refractivity contribution in [2.45, 2.75) is 5.92 Å². The van der Waals surface area contributed by atoms with E-state index in [1.807, 2.05) is 4.90 Å². The highest BCUT2D eigenvalue weighted by Gasteiger charge is 2.71. The summed E-state index contributed by atoms with van der Waals surface area (Å²) in [5.41, 5.74) is 1.28. The van der Waals surface area contributed by atoms with Gasteiger partial charge in [0.15, 0.2) is 5.65 Å². The van der Waals surface area contributed by atoms with Crippen LogP contribution in [0.5, 0.6) is 0 Å². The lowest BCUT2D eigenvalue weighted by Crippen LogP contribution is -2.28. The van der Waals surface area contributed by atoms with E-state index in [-0.39, 0.29) is 0 Å². The fourth-order valence-corrected chi connectivity index (χ4v) is 2.57. The van der Waals surface area contributed by atoms with E-state index in [1.165, 1.54) is 0 Å². The monoisotopic (exact) mass is 237 g/mol. The van der Waals surface area contributed by atoms with Crippen LogP contribution >= 0.6 is 0 Å². The number of alkyl halides is 2. The van der Waals surface area contributed by atoms with Gasteiger partial charge in [0, 0.05) is 13.1 Å². The van der Waals surface area contributed by atoms with Crippen molar-refractivity contribution in [2.75, 3.05) is 18.0 Å². The summed E-state index contributed by atoms with van der Waals surface area (Å²) < 4.78 is 26.1. The Hall–Kier alpha value is -1.79. The van der Waals surface area contributed by atoms with Crippen LogP contribution < -0.4 is 4.90 Å². The maximum atomic E-state index is 13.1. The zero-order valence-corrected chi connectivity index (χ0v) is 8.77. The third kappa shape index (κ3) is 1.13. The molecular formula is C10H9F2N5. The smallest absolute Gasteiger partial charge is 0.258 e. The summed E-state index contributed by atoms with van der Waals surface area (Å²) in [7, 11) is 0. The molecule has 17 heavy (non-hydrogen) atoms. The number of anilines is 1. The van der Waals surface area contributed by atoms with E-state index in [0.717, 1.165) is 0 Å². The van der Waals surface area contributed by atoms with E-state index in [4.69, 9.17) is 0 Å². The van der Waals surface area contributed by atoms with Crippen LogP contribution in [0, 0.1) is 11.8 Å². The summed E-state index contributed by atoms with van der Waals surface area (Å²) in [5.74, 6) is -2.81. The minimum absolute atomic E-state index is 0.367. The van der Waals surface area contributed by atoms with E-state index >= 15 is 0 Å². The van der Waals surface area contributed by atoms with Gasteiger partial charge in [-0.05, 0) is 0 Å². The molecule has 0 radical (unpaired) electrons. The van der Waals surface area contributed by atoms with Crippen molar-refractivity contribution in [2.24, 2.45) is 11.8 Å². The summed E-state index contributed by atoms with van der Waals surface area (Å²) in [6.07, 6.45) is 3.20. The highest BCUT2D eigenvalue weighted by molar-refractivity contribution is 5.70. The number of hydrogen-bond acceptors (Lipinski definition) is 4. The molecule has 2 aromatic heterocycles. The van der Waals surface area contributed by atoms with E-state index in [1.54, 1.807) is 12.4 Å². The summed E-state index contributed by atoms with van der Waals surface area (Å²) in [6, 6.07) is 0. The lowest BCUT2D eigenvalue weighted by Gasteiger charge is -2.20. The Bertz CT molecular complexity index is 581. The molecule has 1 aliphatic heterocycles. The third-order valence-corrected chi connectivity index (χ3v) is 3.67. The minimum Gasteiger partial charge on any atom is -0.354 e. The molecule has 1 N–H and O–H groups in total. The second-order valence-corrected chi connectivity index (χ2v) is 4.62. The number of nitrogens with zero attached hydrogens (tertiary/aromatic N) is 4. The first kappa shape index (κ1) is 9.26. The Kier molecular flexibility index (Phi) is 1.48. The van der Waals surface area contributed by atoms with Crippen molar-refractivity contribution in [3.63, 3.8) is 0 Å². The number of H-pyrrole nitrogens is 1. The number of halogens is 2. The molecule has 2 atom stereocenters. The second kappa shape index (κ2) is 2.72. The van der Waals surface area contributed by atoms with Crippen LogP contribution in [-0.2, 0) is 0 Å². The Morgan fingerprint density at radius 3 is 2.82 bits per heavy atom. The van der Waals surface area contributed by atoms with Crippen molar-refractivity contribution < 1.29 is 8.78 Å². The van der Waals surface area contributed by atoms with Crippen molar-refractivity contribution in [1.82, 2.24) is 20.2 Å². The Morgan fingerprint density at radius 2 is 2.06 bits per heavy atom. The lowest BCUT2D eigenvalue weighted by molar-refractivity contribution is 0.0797. The Balaban J connectivity index is 1.64. The number of nitrogens with one attached hydrogen (secondary N) is 1. The largest absolute Gasteiger partial charge is 0.354 e. The predicted molar refractivity (Wildman–Crippen MR) is 55.8 cm³/mol. The summed E-state index contributed by atoms with van der Waals surface area (Å²) in [4.78, 5) is 10.4. The fraction of sp³-hybridized carbons (Fsp3) is 0.500. The van der Waals surface area contributed by atoms with Crippen molar-refractivity contribution in [1.29, 1.82) is 0 Å². The van der Waals surface area contributed by atoms with Gasteiger partial charge >= 0.3 is 0 Å². The van der Waals surface area contributed by atoms with Gasteiger partial charge < -0.3 is 4.90 Å². The molecular weight excluding hydrogens is 228 g/mol. The van der Waals surface area contributed by atoms with E-state index in [2.05, 4.69) is 20.2 Å². The average molecular weight is 237 g/mol. The SMILES string of the molecule is FC1(F)C2CN(c3cnc4cn[nH]c4n3)CC21. The van der Waals surface area contributed by atoms with Gasteiger partial charge in [0.25, 0.3) is 5.92 Å². The molecule has 2 unspecified atom stereocenters. The highest BCUT2D eigenvalue weighted by atomic mass is 19.3. The number of piperidine rings is 1. The van der Waals surface area contributed by atoms with Gasteiger partial charge in [0.05, 0.1) is 24.2 Å². The van der Waals surface area contributed by atoms with Gasteiger partial charge in [-0.2, -0.15) is 5.10 Å². The molecule has 5 nitrogen and oxygen atoms in total. The molecule has 0 bridgehead atoms. The van der Waals surface area contributed by atoms with Gasteiger partial charge in [-0.3, -0.25) is 5.10 Å². The maximum absolute atomic E-state index is 13.1. The van der Waals surface area contributed by atoms with Gasteiger partial charge in [0.1, 0.15) is 11.3 Å². The summed E-state index contributed by atoms with van der Waals surface area (Å²) in [6.45, 7) is 0.734. The molecule has 7 heteroatoms. The topological polar surface area (TPSA) is 57.7 Å². The number of hydrogen-bond donors (Lipinski definition) is 1. The molecule has 2 fully saturated rings. The van der Waals surface area contributed by atoms with Crippen LogP contribution in [0.15, 0.2) is 12.4 Å². The van der Waals surface area contributed by atoms with Crippen molar-refractivity contribution in [3.05, 3.63) is 12.4 Å². The normalized spacial score (nSPS) is 29.6. The zero-order valence-electron chi connectivity index (χ0n) is 8.77. The molecule has 1 saturated heterocycles. The molecule has 3 heterocycles. The first-order chi connectivity index (χ1) is 8.16. The zero-order chi connectivity index (χ0) is 11.6. The standard InChI is InChI=1S/C10H9F2N5/c11-10(12)5-3-17(4-6(5)10)8-2-13-7-1-14-16-9(7)15-8/h1-2,5-6H,3-4H2,(H,14,15,16). The van der Waals surface area contributed by atoms with Crippen molar-refractivity contribution >= 4 is 17.0 Å². The van der Waals surface area contributed by atoms with Crippen molar-refractivity contribution in [3.8, 4) is 0 Å². The van der Waals surface area contributed by atoms with Gasteiger partial charge in [0.2, 0.25) is 0 Å². The lowest BCUT2D eigenvalue weighted by atomic mass is 10.4. The van der Waals surface area contributed by atoms with Gasteiger partial charge in [-0.1, -0.05) is 0 Å². The first-order valence-electron chi connectivity index (χ1n) is 5.45. The second-order valence-electron chi connectivity index (χ2n) is 4.62. The average Bonchev–Trinajstić information content (AvgIpc) is 2.81. The molecule has 2 aliphatic rings. The van der Waals surface area contributed by atoms with Gasteiger partial charge in [-0.25, -0.2) is 18.7 Å². The molecule has 1 aliphatic carbocycles. The molecule has 0 spiro atoms. The van der Waals surface area contributed by atoms with Crippen LogP contribution in [-0.4, -0.2) is 39.2 Å². The number of aromatic nitrogens is 4. The Labute approximate surface area is 94.9 Å². The molecule has 4 rings (SSSR count). The van der Waals surface area contributed by atoms with Crippen LogP contribution in [0.3, 0.4) is 0 Å². The predicted octanol–water partition coefficient (Wildman–Crippen LogP) is 1.05. The molecule has 0 aromatic carbocycles. The number of fused-ring (bicyclic) bond motifs is 2. The Morgan fingerprint density at radius 1 is 1.29 bits per heavy atom. The molecule has 1 saturated carbocycles. The van der Waals surface area contributed by atoms with Crippen LogP contribution in [0.25, 0.3) is 11.2 Å². The molecule has 0 amide bonds. The number of aromatic amines is 1.